The minimum Gasteiger partial charge on any atom is -0.336 e. The Kier molecular flexibility index (Phi) is 6.66. The molecule has 2 aromatic rings. The van der Waals surface area contributed by atoms with Gasteiger partial charge in [-0.1, -0.05) is 42.8 Å². The van der Waals surface area contributed by atoms with Crippen molar-refractivity contribution >= 4 is 40.9 Å². The molecule has 5 nitrogen and oxygen atoms in total. The number of hydrogen-bond donors (Lipinski definition) is 0. The zero-order valence-electron chi connectivity index (χ0n) is 17.1. The van der Waals surface area contributed by atoms with Gasteiger partial charge in [-0.25, -0.2) is 0 Å². The van der Waals surface area contributed by atoms with Crippen molar-refractivity contribution in [2.45, 2.75) is 23.5 Å². The summed E-state index contributed by atoms with van der Waals surface area (Å²) in [5, 5.41) is 0.968. The van der Waals surface area contributed by atoms with E-state index in [1.165, 1.54) is 4.90 Å². The van der Waals surface area contributed by atoms with Gasteiger partial charge >= 0.3 is 0 Å². The highest BCUT2D eigenvalue weighted by Crippen LogP contribution is 2.37. The van der Waals surface area contributed by atoms with Crippen LogP contribution in [0.5, 0.6) is 0 Å². The molecule has 0 aromatic heterocycles. The van der Waals surface area contributed by atoms with Crippen molar-refractivity contribution in [2.24, 2.45) is 0 Å². The van der Waals surface area contributed by atoms with Crippen LogP contribution in [0.15, 0.2) is 53.4 Å². The van der Waals surface area contributed by atoms with Crippen LogP contribution < -0.4 is 4.90 Å². The van der Waals surface area contributed by atoms with Crippen molar-refractivity contribution in [3.05, 3.63) is 59.1 Å². The van der Waals surface area contributed by atoms with Crippen molar-refractivity contribution in [3.63, 3.8) is 0 Å². The molecule has 30 heavy (non-hydrogen) atoms. The zero-order valence-corrected chi connectivity index (χ0v) is 18.7. The minimum absolute atomic E-state index is 0.0426. The third-order valence-electron chi connectivity index (χ3n) is 5.67. The SMILES string of the molecule is C[C@@H]1CCN(C(=O)CN2CCN(C(=O)c3ccccc3Cl)CC2)c2ccccc2S1. The van der Waals surface area contributed by atoms with Crippen molar-refractivity contribution in [2.75, 3.05) is 44.2 Å². The number of halogens is 1. The summed E-state index contributed by atoms with van der Waals surface area (Å²) in [6.07, 6.45) is 0.977. The number of carbonyl (C=O) groups excluding carboxylic acids is 2. The van der Waals surface area contributed by atoms with E-state index in [1.807, 2.05) is 51.9 Å². The Balaban J connectivity index is 1.37. The van der Waals surface area contributed by atoms with Crippen LogP contribution in [0.3, 0.4) is 0 Å². The summed E-state index contributed by atoms with van der Waals surface area (Å²) in [4.78, 5) is 33.0. The van der Waals surface area contributed by atoms with E-state index < -0.39 is 0 Å². The monoisotopic (exact) mass is 443 g/mol. The second-order valence-corrected chi connectivity index (χ2v) is 9.67. The van der Waals surface area contributed by atoms with Crippen LogP contribution in [0, 0.1) is 0 Å². The minimum atomic E-state index is -0.0426. The number of fused-ring (bicyclic) bond motifs is 1. The molecular formula is C23H26ClN3O2S. The molecule has 0 radical (unpaired) electrons. The standard InChI is InChI=1S/C23H26ClN3O2S/c1-17-10-11-27(20-8-4-5-9-21(20)30-17)22(28)16-25-12-14-26(15-13-25)23(29)18-6-2-3-7-19(18)24/h2-9,17H,10-16H2,1H3/t17-/m1/s1. The van der Waals surface area contributed by atoms with Crippen LogP contribution in [0.2, 0.25) is 5.02 Å². The number of piperazine rings is 1. The topological polar surface area (TPSA) is 43.9 Å². The van der Waals surface area contributed by atoms with Crippen LogP contribution in [0.4, 0.5) is 5.69 Å². The normalized spacial score (nSPS) is 19.9. The fourth-order valence-electron chi connectivity index (χ4n) is 3.94. The molecule has 1 atom stereocenters. The lowest BCUT2D eigenvalue weighted by Gasteiger charge is -2.35. The molecule has 0 saturated carbocycles. The van der Waals surface area contributed by atoms with Crippen LogP contribution in [0.1, 0.15) is 23.7 Å². The van der Waals surface area contributed by atoms with Crippen molar-refractivity contribution in [1.82, 2.24) is 9.80 Å². The first-order chi connectivity index (χ1) is 14.5. The van der Waals surface area contributed by atoms with Crippen LogP contribution >= 0.6 is 23.4 Å². The fraction of sp³-hybridized carbons (Fsp3) is 0.391. The predicted octanol–water partition coefficient (Wildman–Crippen LogP) is 4.02. The van der Waals surface area contributed by atoms with E-state index in [2.05, 4.69) is 17.9 Å². The van der Waals surface area contributed by atoms with E-state index in [9.17, 15) is 9.59 Å². The van der Waals surface area contributed by atoms with Gasteiger partial charge in [0, 0.05) is 42.9 Å². The van der Waals surface area contributed by atoms with Gasteiger partial charge in [-0.15, -0.1) is 11.8 Å². The number of thioether (sulfide) groups is 1. The average molecular weight is 444 g/mol. The first kappa shape index (κ1) is 21.2. The quantitative estimate of drug-likeness (QED) is 0.718. The molecule has 4 rings (SSSR count). The van der Waals surface area contributed by atoms with Gasteiger partial charge in [0.1, 0.15) is 0 Å². The molecule has 1 saturated heterocycles. The molecule has 1 fully saturated rings. The van der Waals surface area contributed by atoms with Crippen LogP contribution in [-0.2, 0) is 4.79 Å². The molecule has 0 spiro atoms. The van der Waals surface area contributed by atoms with E-state index in [0.717, 1.165) is 18.7 Å². The lowest BCUT2D eigenvalue weighted by Crippen LogP contribution is -2.51. The maximum atomic E-state index is 13.1. The molecule has 7 heteroatoms. The maximum absolute atomic E-state index is 13.1. The summed E-state index contributed by atoms with van der Waals surface area (Å²) in [6, 6.07) is 15.3. The third kappa shape index (κ3) is 4.66. The Bertz CT molecular complexity index is 930. The number of amides is 2. The maximum Gasteiger partial charge on any atom is 0.255 e. The number of nitrogens with zero attached hydrogens (tertiary/aromatic N) is 3. The van der Waals surface area contributed by atoms with Gasteiger partial charge < -0.3 is 9.80 Å². The van der Waals surface area contributed by atoms with Crippen molar-refractivity contribution in [3.8, 4) is 0 Å². The van der Waals surface area contributed by atoms with Gasteiger partial charge in [0.15, 0.2) is 0 Å². The van der Waals surface area contributed by atoms with Gasteiger partial charge in [-0.05, 0) is 30.7 Å². The smallest absolute Gasteiger partial charge is 0.255 e. The summed E-state index contributed by atoms with van der Waals surface area (Å²) in [5.41, 5.74) is 1.56. The summed E-state index contributed by atoms with van der Waals surface area (Å²) < 4.78 is 0. The third-order valence-corrected chi connectivity index (χ3v) is 7.23. The Morgan fingerprint density at radius 2 is 1.70 bits per heavy atom. The Hall–Kier alpha value is -2.02. The van der Waals surface area contributed by atoms with Crippen LogP contribution in [-0.4, -0.2) is 66.1 Å². The molecule has 158 valence electrons. The highest BCUT2D eigenvalue weighted by molar-refractivity contribution is 8.00. The zero-order chi connectivity index (χ0) is 21.1. The number of rotatable bonds is 3. The molecule has 2 aliphatic heterocycles. The summed E-state index contributed by atoms with van der Waals surface area (Å²) in [5.74, 6) is 0.0852. The number of para-hydroxylation sites is 1. The van der Waals surface area contributed by atoms with Gasteiger partial charge in [0.05, 0.1) is 22.8 Å². The highest BCUT2D eigenvalue weighted by atomic mass is 35.5. The second-order valence-electron chi connectivity index (χ2n) is 7.78. The number of hydrogen-bond acceptors (Lipinski definition) is 4. The van der Waals surface area contributed by atoms with E-state index >= 15 is 0 Å². The Morgan fingerprint density at radius 1 is 1.00 bits per heavy atom. The second kappa shape index (κ2) is 9.41. The largest absolute Gasteiger partial charge is 0.336 e. The predicted molar refractivity (Wildman–Crippen MR) is 123 cm³/mol. The van der Waals surface area contributed by atoms with Gasteiger partial charge in [-0.3, -0.25) is 14.5 Å². The van der Waals surface area contributed by atoms with Crippen molar-refractivity contribution in [1.29, 1.82) is 0 Å². The van der Waals surface area contributed by atoms with E-state index in [4.69, 9.17) is 11.6 Å². The molecule has 2 aliphatic rings. The van der Waals surface area contributed by atoms with Gasteiger partial charge in [0.2, 0.25) is 5.91 Å². The van der Waals surface area contributed by atoms with E-state index in [1.54, 1.807) is 12.1 Å². The molecule has 2 heterocycles. The van der Waals surface area contributed by atoms with Crippen molar-refractivity contribution < 1.29 is 9.59 Å². The van der Waals surface area contributed by atoms with Gasteiger partial charge in [-0.2, -0.15) is 0 Å². The molecule has 0 bridgehead atoms. The molecule has 2 amide bonds. The first-order valence-electron chi connectivity index (χ1n) is 10.3. The van der Waals surface area contributed by atoms with E-state index in [-0.39, 0.29) is 11.8 Å². The lowest BCUT2D eigenvalue weighted by molar-refractivity contribution is -0.120. The molecule has 0 N–H and O–H groups in total. The average Bonchev–Trinajstić information content (AvgIpc) is 2.92. The Labute approximate surface area is 187 Å². The van der Waals surface area contributed by atoms with Gasteiger partial charge in [0.25, 0.3) is 5.91 Å². The molecule has 0 unspecified atom stereocenters. The highest BCUT2D eigenvalue weighted by Gasteiger charge is 2.28. The Morgan fingerprint density at radius 3 is 2.47 bits per heavy atom. The summed E-state index contributed by atoms with van der Waals surface area (Å²) in [6.45, 7) is 5.90. The molecule has 2 aromatic carbocycles. The lowest BCUT2D eigenvalue weighted by atomic mass is 10.1. The number of anilines is 1. The van der Waals surface area contributed by atoms with Crippen LogP contribution in [0.25, 0.3) is 0 Å². The summed E-state index contributed by atoms with van der Waals surface area (Å²) >= 11 is 8.02. The molecule has 0 aliphatic carbocycles. The number of benzene rings is 2. The molecular weight excluding hydrogens is 418 g/mol. The first-order valence-corrected chi connectivity index (χ1v) is 11.6. The number of carbonyl (C=O) groups is 2. The van der Waals surface area contributed by atoms with E-state index in [0.29, 0.717) is 48.6 Å². The summed E-state index contributed by atoms with van der Waals surface area (Å²) in [7, 11) is 0. The fourth-order valence-corrected chi connectivity index (χ4v) is 5.27.